The quantitative estimate of drug-likeness (QED) is 0.103. The first-order valence-corrected chi connectivity index (χ1v) is 11.9. The fourth-order valence-electron chi connectivity index (χ4n) is 2.96. The lowest BCUT2D eigenvalue weighted by atomic mass is 10.2. The minimum Gasteiger partial charge on any atom is -0.422 e. The number of benzene rings is 3. The van der Waals surface area contributed by atoms with Crippen molar-refractivity contribution in [3.05, 3.63) is 92.2 Å². The fraction of sp³-hybridized carbons (Fsp3) is 0. The van der Waals surface area contributed by atoms with Crippen LogP contribution in [0.2, 0.25) is 15.1 Å². The van der Waals surface area contributed by atoms with Gasteiger partial charge in [0.05, 0.1) is 27.0 Å². The van der Waals surface area contributed by atoms with E-state index in [1.165, 1.54) is 23.6 Å². The van der Waals surface area contributed by atoms with Crippen LogP contribution in [0.4, 0.5) is 5.69 Å². The minimum absolute atomic E-state index is 0.105. The van der Waals surface area contributed by atoms with Gasteiger partial charge in [-0.2, -0.15) is 5.10 Å². The predicted molar refractivity (Wildman–Crippen MR) is 139 cm³/mol. The van der Waals surface area contributed by atoms with Gasteiger partial charge in [0.1, 0.15) is 10.6 Å². The van der Waals surface area contributed by atoms with Crippen LogP contribution in [0.25, 0.3) is 10.1 Å². The number of hydrogen-bond acceptors (Lipinski definition) is 6. The van der Waals surface area contributed by atoms with Gasteiger partial charge in [-0.05, 0) is 30.3 Å². The first-order valence-electron chi connectivity index (χ1n) is 9.92. The van der Waals surface area contributed by atoms with Crippen molar-refractivity contribution in [2.45, 2.75) is 0 Å². The molecule has 0 unspecified atom stereocenters. The Labute approximate surface area is 218 Å². The van der Waals surface area contributed by atoms with E-state index in [1.54, 1.807) is 36.4 Å². The number of carbonyl (C=O) groups excluding carboxylic acids is 3. The van der Waals surface area contributed by atoms with Gasteiger partial charge >= 0.3 is 17.8 Å². The largest absolute Gasteiger partial charge is 0.422 e. The molecule has 3 aromatic carbocycles. The Hall–Kier alpha value is -3.43. The fourth-order valence-corrected chi connectivity index (χ4v) is 4.69. The molecule has 2 amide bonds. The van der Waals surface area contributed by atoms with Crippen molar-refractivity contribution >= 4 is 85.9 Å². The zero-order valence-corrected chi connectivity index (χ0v) is 20.6. The van der Waals surface area contributed by atoms with Crippen LogP contribution in [-0.2, 0) is 9.59 Å². The summed E-state index contributed by atoms with van der Waals surface area (Å²) in [6, 6.07) is 18.5. The lowest BCUT2D eigenvalue weighted by Gasteiger charge is -2.07. The van der Waals surface area contributed by atoms with Gasteiger partial charge in [0, 0.05) is 15.6 Å². The molecule has 0 bridgehead atoms. The zero-order chi connectivity index (χ0) is 24.9. The molecule has 4 rings (SSSR count). The molecular weight excluding hydrogens is 533 g/mol. The second-order valence-corrected chi connectivity index (χ2v) is 9.14. The summed E-state index contributed by atoms with van der Waals surface area (Å²) in [4.78, 5) is 37.2. The van der Waals surface area contributed by atoms with Gasteiger partial charge in [0.2, 0.25) is 0 Å². The van der Waals surface area contributed by atoms with Crippen LogP contribution in [0.15, 0.2) is 71.8 Å². The average molecular weight is 547 g/mol. The molecule has 0 saturated heterocycles. The average Bonchev–Trinajstić information content (AvgIpc) is 3.19. The van der Waals surface area contributed by atoms with Gasteiger partial charge < -0.3 is 10.1 Å². The molecule has 2 N–H and O–H groups in total. The maximum Gasteiger partial charge on any atom is 0.355 e. The van der Waals surface area contributed by atoms with Crippen molar-refractivity contribution in [1.29, 1.82) is 0 Å². The number of para-hydroxylation sites is 1. The number of nitrogens with one attached hydrogen (secondary N) is 2. The molecule has 4 aromatic rings. The molecule has 0 atom stereocenters. The Morgan fingerprint density at radius 1 is 0.857 bits per heavy atom. The Morgan fingerprint density at radius 3 is 2.40 bits per heavy atom. The van der Waals surface area contributed by atoms with Crippen molar-refractivity contribution < 1.29 is 19.1 Å². The molecule has 0 saturated carbocycles. The number of anilines is 1. The number of thiophene rings is 1. The number of amides is 2. The van der Waals surface area contributed by atoms with Crippen molar-refractivity contribution in [1.82, 2.24) is 5.43 Å². The van der Waals surface area contributed by atoms with E-state index in [2.05, 4.69) is 15.8 Å². The highest BCUT2D eigenvalue weighted by atomic mass is 35.5. The number of nitrogens with zero attached hydrogens (tertiary/aromatic N) is 1. The summed E-state index contributed by atoms with van der Waals surface area (Å²) in [5.74, 6) is -2.47. The van der Waals surface area contributed by atoms with Crippen LogP contribution >= 0.6 is 46.1 Å². The van der Waals surface area contributed by atoms with Crippen LogP contribution in [0, 0.1) is 0 Å². The van der Waals surface area contributed by atoms with Crippen LogP contribution in [0.1, 0.15) is 15.2 Å². The van der Waals surface area contributed by atoms with Crippen LogP contribution in [-0.4, -0.2) is 24.0 Å². The Kier molecular flexibility index (Phi) is 7.67. The highest BCUT2D eigenvalue weighted by molar-refractivity contribution is 7.21. The third kappa shape index (κ3) is 5.63. The summed E-state index contributed by atoms with van der Waals surface area (Å²) in [6.45, 7) is 0. The van der Waals surface area contributed by atoms with Crippen LogP contribution in [0.3, 0.4) is 0 Å². The van der Waals surface area contributed by atoms with E-state index >= 15 is 0 Å². The Morgan fingerprint density at radius 2 is 1.60 bits per heavy atom. The molecule has 0 aliphatic heterocycles. The van der Waals surface area contributed by atoms with Gasteiger partial charge in [-0.3, -0.25) is 9.59 Å². The lowest BCUT2D eigenvalue weighted by Crippen LogP contribution is -2.32. The number of hydrazone groups is 1. The molecule has 7 nitrogen and oxygen atoms in total. The molecule has 0 aliphatic rings. The molecular formula is C24H14Cl3N3O4S. The SMILES string of the molecule is O=C(N/N=C\c1ccccc1OC(=O)c1sc2ccccc2c1Cl)C(=O)Nc1cccc(Cl)c1Cl. The maximum absolute atomic E-state index is 12.8. The molecule has 11 heteroatoms. The maximum atomic E-state index is 12.8. The molecule has 0 aliphatic carbocycles. The van der Waals surface area contributed by atoms with Gasteiger partial charge in [0.25, 0.3) is 0 Å². The summed E-state index contributed by atoms with van der Waals surface area (Å²) in [5, 5.41) is 7.54. The topological polar surface area (TPSA) is 96.9 Å². The van der Waals surface area contributed by atoms with Crippen molar-refractivity contribution in [2.24, 2.45) is 5.10 Å². The molecule has 35 heavy (non-hydrogen) atoms. The summed E-state index contributed by atoms with van der Waals surface area (Å²) in [6.07, 6.45) is 1.24. The summed E-state index contributed by atoms with van der Waals surface area (Å²) in [5.41, 5.74) is 2.67. The second kappa shape index (κ2) is 10.9. The van der Waals surface area contributed by atoms with Crippen LogP contribution in [0.5, 0.6) is 5.75 Å². The standard InChI is InChI=1S/C24H14Cl3N3O4S/c25-15-8-5-9-16(20(15)27)29-22(31)23(32)30-28-12-13-6-1-3-10-17(13)34-24(33)21-19(26)14-7-2-4-11-18(14)35-21/h1-12H,(H,29,31)(H,30,32)/b28-12-. The first-order chi connectivity index (χ1) is 16.8. The van der Waals surface area contributed by atoms with E-state index in [0.29, 0.717) is 10.6 Å². The zero-order valence-electron chi connectivity index (χ0n) is 17.6. The number of hydrogen-bond donors (Lipinski definition) is 2. The number of esters is 1. The second-order valence-electron chi connectivity index (χ2n) is 6.92. The van der Waals surface area contributed by atoms with E-state index in [9.17, 15) is 14.4 Å². The smallest absolute Gasteiger partial charge is 0.355 e. The number of rotatable bonds is 5. The molecule has 0 spiro atoms. The minimum atomic E-state index is -1.04. The predicted octanol–water partition coefficient (Wildman–Crippen LogP) is 6.17. The number of carbonyl (C=O) groups is 3. The van der Waals surface area contributed by atoms with E-state index in [1.807, 2.05) is 24.3 Å². The first kappa shape index (κ1) is 24.7. The number of ether oxygens (including phenoxy) is 1. The van der Waals surface area contributed by atoms with E-state index in [0.717, 1.165) is 10.1 Å². The highest BCUT2D eigenvalue weighted by Gasteiger charge is 2.20. The van der Waals surface area contributed by atoms with Crippen molar-refractivity contribution in [2.75, 3.05) is 5.32 Å². The van der Waals surface area contributed by atoms with E-state index in [-0.39, 0.29) is 26.4 Å². The third-order valence-electron chi connectivity index (χ3n) is 4.62. The molecule has 0 radical (unpaired) electrons. The number of fused-ring (bicyclic) bond motifs is 1. The van der Waals surface area contributed by atoms with Crippen LogP contribution < -0.4 is 15.5 Å². The van der Waals surface area contributed by atoms with Gasteiger partial charge in [-0.25, -0.2) is 10.2 Å². The molecule has 1 aromatic heterocycles. The van der Waals surface area contributed by atoms with Crippen molar-refractivity contribution in [3.8, 4) is 5.75 Å². The highest BCUT2D eigenvalue weighted by Crippen LogP contribution is 2.36. The summed E-state index contributed by atoms with van der Waals surface area (Å²) < 4.78 is 6.39. The van der Waals surface area contributed by atoms with E-state index < -0.39 is 17.8 Å². The Balaban J connectivity index is 1.43. The third-order valence-corrected chi connectivity index (χ3v) is 7.09. The molecule has 176 valence electrons. The van der Waals surface area contributed by atoms with Gasteiger partial charge in [-0.15, -0.1) is 11.3 Å². The van der Waals surface area contributed by atoms with Gasteiger partial charge in [-0.1, -0.05) is 71.2 Å². The normalized spacial score (nSPS) is 10.9. The number of halogens is 3. The summed E-state index contributed by atoms with van der Waals surface area (Å²) in [7, 11) is 0. The monoisotopic (exact) mass is 545 g/mol. The lowest BCUT2D eigenvalue weighted by molar-refractivity contribution is -0.136. The molecule has 0 fully saturated rings. The van der Waals surface area contributed by atoms with Gasteiger partial charge in [0.15, 0.2) is 0 Å². The van der Waals surface area contributed by atoms with Crippen molar-refractivity contribution in [3.63, 3.8) is 0 Å². The molecule has 1 heterocycles. The Bertz CT molecular complexity index is 1490. The van der Waals surface area contributed by atoms with E-state index in [4.69, 9.17) is 39.5 Å². The summed E-state index contributed by atoms with van der Waals surface area (Å²) >= 11 is 19.5.